The summed E-state index contributed by atoms with van der Waals surface area (Å²) in [5.41, 5.74) is 10.3. The Morgan fingerprint density at radius 1 is 0.947 bits per heavy atom. The monoisotopic (exact) mass is 250 g/mol. The van der Waals surface area contributed by atoms with E-state index in [4.69, 9.17) is 5.73 Å². The van der Waals surface area contributed by atoms with E-state index in [0.29, 0.717) is 0 Å². The highest BCUT2D eigenvalue weighted by Crippen LogP contribution is 2.22. The first kappa shape index (κ1) is 11.7. The van der Waals surface area contributed by atoms with Gasteiger partial charge in [0.05, 0.1) is 11.0 Å². The van der Waals surface area contributed by atoms with Crippen molar-refractivity contribution in [3.63, 3.8) is 0 Å². The van der Waals surface area contributed by atoms with Crippen molar-refractivity contribution in [1.82, 2.24) is 15.0 Å². The second-order valence-electron chi connectivity index (χ2n) is 4.44. The van der Waals surface area contributed by atoms with Gasteiger partial charge in [-0.25, -0.2) is 0 Å². The van der Waals surface area contributed by atoms with Crippen LogP contribution in [-0.4, -0.2) is 15.0 Å². The Morgan fingerprint density at radius 2 is 1.74 bits per heavy atom. The minimum atomic E-state index is -0.0946. The molecule has 0 radical (unpaired) electrons. The van der Waals surface area contributed by atoms with Crippen molar-refractivity contribution >= 4 is 11.0 Å². The summed E-state index contributed by atoms with van der Waals surface area (Å²) >= 11 is 0. The molecule has 4 nitrogen and oxygen atoms in total. The highest BCUT2D eigenvalue weighted by atomic mass is 14.8. The average Bonchev–Trinajstić information content (AvgIpc) is 2.47. The van der Waals surface area contributed by atoms with Crippen LogP contribution >= 0.6 is 0 Å². The van der Waals surface area contributed by atoms with E-state index in [-0.39, 0.29) is 6.04 Å². The predicted octanol–water partition coefficient (Wildman–Crippen LogP) is 2.27. The van der Waals surface area contributed by atoms with Gasteiger partial charge < -0.3 is 5.73 Å². The molecule has 19 heavy (non-hydrogen) atoms. The average molecular weight is 250 g/mol. The van der Waals surface area contributed by atoms with E-state index in [1.165, 1.54) is 5.56 Å². The molecule has 0 aliphatic heterocycles. The molecule has 1 aromatic carbocycles. The fourth-order valence-electron chi connectivity index (χ4n) is 2.20. The molecule has 2 aromatic heterocycles. The highest BCUT2D eigenvalue weighted by molar-refractivity contribution is 5.78. The summed E-state index contributed by atoms with van der Waals surface area (Å²) in [6, 6.07) is 9.81. The third-order valence-electron chi connectivity index (χ3n) is 3.13. The van der Waals surface area contributed by atoms with Gasteiger partial charge in [-0.15, -0.1) is 0 Å². The van der Waals surface area contributed by atoms with Crippen molar-refractivity contribution < 1.29 is 0 Å². The van der Waals surface area contributed by atoms with Crippen LogP contribution in [0.15, 0.2) is 55.1 Å². The van der Waals surface area contributed by atoms with E-state index < -0.39 is 0 Å². The molecular formula is C15H14N4. The predicted molar refractivity (Wildman–Crippen MR) is 74.4 cm³/mol. The Kier molecular flexibility index (Phi) is 3.16. The van der Waals surface area contributed by atoms with Crippen molar-refractivity contribution in [2.45, 2.75) is 12.5 Å². The topological polar surface area (TPSA) is 64.7 Å². The SMILES string of the molecule is NC(Cc1ccncc1)c1cccc2nccnc12. The van der Waals surface area contributed by atoms with Crippen LogP contribution in [0.4, 0.5) is 0 Å². The Morgan fingerprint density at radius 3 is 2.58 bits per heavy atom. The Labute approximate surface area is 111 Å². The van der Waals surface area contributed by atoms with Crippen molar-refractivity contribution in [3.8, 4) is 0 Å². The van der Waals surface area contributed by atoms with E-state index in [2.05, 4.69) is 15.0 Å². The Balaban J connectivity index is 1.96. The molecule has 0 fully saturated rings. The normalized spacial score (nSPS) is 12.5. The highest BCUT2D eigenvalue weighted by Gasteiger charge is 2.11. The summed E-state index contributed by atoms with van der Waals surface area (Å²) in [5.74, 6) is 0. The molecule has 0 aliphatic rings. The molecule has 0 aliphatic carbocycles. The first-order valence-electron chi connectivity index (χ1n) is 6.19. The van der Waals surface area contributed by atoms with E-state index in [1.54, 1.807) is 24.8 Å². The molecule has 1 unspecified atom stereocenters. The van der Waals surface area contributed by atoms with E-state index in [0.717, 1.165) is 23.0 Å². The van der Waals surface area contributed by atoms with Gasteiger partial charge in [0.1, 0.15) is 0 Å². The van der Waals surface area contributed by atoms with Gasteiger partial charge in [0.25, 0.3) is 0 Å². The number of fused-ring (bicyclic) bond motifs is 1. The smallest absolute Gasteiger partial charge is 0.0934 e. The minimum absolute atomic E-state index is 0.0946. The number of pyridine rings is 1. The molecule has 0 saturated carbocycles. The van der Waals surface area contributed by atoms with Crippen LogP contribution in [0.1, 0.15) is 17.2 Å². The van der Waals surface area contributed by atoms with Crippen molar-refractivity contribution in [1.29, 1.82) is 0 Å². The van der Waals surface area contributed by atoms with Gasteiger partial charge in [0.2, 0.25) is 0 Å². The third kappa shape index (κ3) is 2.44. The van der Waals surface area contributed by atoms with Gasteiger partial charge in [0.15, 0.2) is 0 Å². The lowest BCUT2D eigenvalue weighted by molar-refractivity contribution is 0.725. The maximum atomic E-state index is 6.30. The van der Waals surface area contributed by atoms with Crippen LogP contribution in [0.5, 0.6) is 0 Å². The number of hydrogen-bond donors (Lipinski definition) is 1. The Bertz CT molecular complexity index is 677. The molecular weight excluding hydrogens is 236 g/mol. The summed E-state index contributed by atoms with van der Waals surface area (Å²) in [6.45, 7) is 0. The Hall–Kier alpha value is -2.33. The number of nitrogens with two attached hydrogens (primary N) is 1. The quantitative estimate of drug-likeness (QED) is 0.774. The van der Waals surface area contributed by atoms with Crippen molar-refractivity contribution in [2.24, 2.45) is 5.73 Å². The van der Waals surface area contributed by atoms with Crippen LogP contribution in [0, 0.1) is 0 Å². The molecule has 0 spiro atoms. The van der Waals surface area contributed by atoms with Crippen molar-refractivity contribution in [2.75, 3.05) is 0 Å². The number of para-hydroxylation sites is 1. The van der Waals surface area contributed by atoms with Gasteiger partial charge in [-0.05, 0) is 35.7 Å². The number of hydrogen-bond acceptors (Lipinski definition) is 4. The van der Waals surface area contributed by atoms with Gasteiger partial charge in [-0.1, -0.05) is 12.1 Å². The molecule has 3 aromatic rings. The lowest BCUT2D eigenvalue weighted by atomic mass is 9.99. The van der Waals surface area contributed by atoms with Gasteiger partial charge in [0, 0.05) is 30.8 Å². The number of aromatic nitrogens is 3. The summed E-state index contributed by atoms with van der Waals surface area (Å²) in [6.07, 6.45) is 7.72. The molecule has 0 amide bonds. The van der Waals surface area contributed by atoms with Gasteiger partial charge in [-0.3, -0.25) is 15.0 Å². The fourth-order valence-corrected chi connectivity index (χ4v) is 2.20. The van der Waals surface area contributed by atoms with E-state index in [1.807, 2.05) is 30.3 Å². The van der Waals surface area contributed by atoms with Crippen LogP contribution in [-0.2, 0) is 6.42 Å². The van der Waals surface area contributed by atoms with Crippen molar-refractivity contribution in [3.05, 3.63) is 66.2 Å². The lowest BCUT2D eigenvalue weighted by Gasteiger charge is -2.13. The molecule has 2 heterocycles. The number of nitrogens with zero attached hydrogens (tertiary/aromatic N) is 3. The van der Waals surface area contributed by atoms with Gasteiger partial charge >= 0.3 is 0 Å². The van der Waals surface area contributed by atoms with E-state index >= 15 is 0 Å². The first-order valence-corrected chi connectivity index (χ1v) is 6.19. The van der Waals surface area contributed by atoms with Gasteiger partial charge in [-0.2, -0.15) is 0 Å². The molecule has 94 valence electrons. The molecule has 0 bridgehead atoms. The fraction of sp³-hybridized carbons (Fsp3) is 0.133. The number of rotatable bonds is 3. The second kappa shape index (κ2) is 5.12. The lowest BCUT2D eigenvalue weighted by Crippen LogP contribution is -2.14. The maximum absolute atomic E-state index is 6.30. The first-order chi connectivity index (χ1) is 9.34. The number of benzene rings is 1. The summed E-state index contributed by atoms with van der Waals surface area (Å²) in [4.78, 5) is 12.7. The molecule has 2 N–H and O–H groups in total. The minimum Gasteiger partial charge on any atom is -0.324 e. The largest absolute Gasteiger partial charge is 0.324 e. The van der Waals surface area contributed by atoms with Crippen LogP contribution < -0.4 is 5.73 Å². The summed E-state index contributed by atoms with van der Waals surface area (Å²) in [7, 11) is 0. The van der Waals surface area contributed by atoms with Crippen LogP contribution in [0.3, 0.4) is 0 Å². The van der Waals surface area contributed by atoms with E-state index in [9.17, 15) is 0 Å². The molecule has 0 saturated heterocycles. The zero-order valence-electron chi connectivity index (χ0n) is 10.4. The molecule has 3 rings (SSSR count). The second-order valence-corrected chi connectivity index (χ2v) is 4.44. The third-order valence-corrected chi connectivity index (χ3v) is 3.13. The molecule has 4 heteroatoms. The molecule has 1 atom stereocenters. The zero-order chi connectivity index (χ0) is 13.1. The zero-order valence-corrected chi connectivity index (χ0v) is 10.4. The van der Waals surface area contributed by atoms with Crippen LogP contribution in [0.2, 0.25) is 0 Å². The summed E-state index contributed by atoms with van der Waals surface area (Å²) in [5, 5.41) is 0. The summed E-state index contributed by atoms with van der Waals surface area (Å²) < 4.78 is 0. The van der Waals surface area contributed by atoms with Crippen LogP contribution in [0.25, 0.3) is 11.0 Å². The standard InChI is InChI=1S/C15H14N4/c16-13(10-11-4-6-17-7-5-11)12-2-1-3-14-15(12)19-9-8-18-14/h1-9,13H,10,16H2. The maximum Gasteiger partial charge on any atom is 0.0934 e.